The zero-order valence-corrected chi connectivity index (χ0v) is 17.9. The molecule has 0 spiro atoms. The molecule has 0 rings (SSSR count). The average Bonchev–Trinajstić information content (AvgIpc) is 2.80. The largest absolute Gasteiger partial charge is 0.431 e. The van der Waals surface area contributed by atoms with E-state index >= 15 is 0 Å². The lowest BCUT2D eigenvalue weighted by molar-refractivity contribution is -0.416. The van der Waals surface area contributed by atoms with Crippen LogP contribution in [0.3, 0.4) is 0 Å². The minimum absolute atomic E-state index is 1.83. The third kappa shape index (κ3) is 5.07. The lowest BCUT2D eigenvalue weighted by Gasteiger charge is -2.38. The van der Waals surface area contributed by atoms with Gasteiger partial charge in [-0.2, -0.15) is 87.8 Å². The van der Waals surface area contributed by atoms with Crippen molar-refractivity contribution in [2.75, 3.05) is 0 Å². The maximum absolute atomic E-state index is 13.4. The van der Waals surface area contributed by atoms with Crippen molar-refractivity contribution in [2.45, 2.75) is 72.1 Å². The first-order valence-electron chi connectivity index (χ1n) is 8.71. The van der Waals surface area contributed by atoms with E-state index in [0.29, 0.717) is 0 Å². The molecule has 0 atom stereocenters. The lowest BCUT2D eigenvalue weighted by atomic mass is 9.94. The van der Waals surface area contributed by atoms with Gasteiger partial charge in [-0.25, -0.2) is 36.9 Å². The van der Waals surface area contributed by atoms with Crippen LogP contribution in [0.15, 0.2) is 0 Å². The van der Waals surface area contributed by atoms with Gasteiger partial charge >= 0.3 is 84.0 Å². The molecule has 0 fully saturated rings. The van der Waals surface area contributed by atoms with Gasteiger partial charge in [-0.1, -0.05) is 0 Å². The Labute approximate surface area is 210 Å². The maximum atomic E-state index is 13.4. The van der Waals surface area contributed by atoms with Gasteiger partial charge in [0.05, 0.1) is 0 Å². The zero-order chi connectivity index (χ0) is 34.7. The van der Waals surface area contributed by atoms with Crippen molar-refractivity contribution in [3.63, 3.8) is 0 Å². The number of halogens is 24. The second kappa shape index (κ2) is 10.5. The number of carbonyl (C=O) groups excluding carboxylic acids is 2. The van der Waals surface area contributed by atoms with Gasteiger partial charge in [0.2, 0.25) is 0 Å². The number of carbonyl (C=O) groups is 2. The van der Waals surface area contributed by atoms with Gasteiger partial charge in [-0.3, -0.25) is 0 Å². The summed E-state index contributed by atoms with van der Waals surface area (Å²) >= 11 is 0. The lowest BCUT2D eigenvalue weighted by Crippen LogP contribution is -2.70. The van der Waals surface area contributed by atoms with E-state index in [2.05, 4.69) is 0 Å². The Balaban J connectivity index is 6.35. The third-order valence-electron chi connectivity index (χ3n) is 4.46. The molecule has 0 aromatic carbocycles. The summed E-state index contributed by atoms with van der Waals surface area (Å²) in [5.74, 6) is -91.7. The number of rotatable bonds is 12. The molecule has 0 N–H and O–H groups in total. The Morgan fingerprint density at radius 2 is 0.548 bits per heavy atom. The molecular weight excluding hydrogens is 688 g/mol. The average molecular weight is 690 g/mol. The van der Waals surface area contributed by atoms with E-state index in [1.807, 2.05) is 9.78 Å². The molecular formula is C14H2F24O4. The van der Waals surface area contributed by atoms with Crippen LogP contribution in [0.25, 0.3) is 0 Å². The zero-order valence-electron chi connectivity index (χ0n) is 17.9. The standard InChI is InChI=1S/C14H2F24O4/c15-1(16)5(19,20)9(27,28)13(35,36)11(31,32)7(23,24)3(39)41-42-4(40)8(25,26)12(33,34)14(37,38)10(29,30)6(21,22)2(17)18/h1-2H. The topological polar surface area (TPSA) is 52.6 Å². The van der Waals surface area contributed by atoms with E-state index in [-0.39, 0.29) is 0 Å². The van der Waals surface area contributed by atoms with E-state index in [1.54, 1.807) is 0 Å². The Bertz CT molecular complexity index is 935. The molecule has 0 aromatic rings. The summed E-state index contributed by atoms with van der Waals surface area (Å²) in [6.45, 7) is 0. The van der Waals surface area contributed by atoms with Crippen molar-refractivity contribution in [2.24, 2.45) is 0 Å². The van der Waals surface area contributed by atoms with Crippen LogP contribution < -0.4 is 0 Å². The molecule has 0 amide bonds. The van der Waals surface area contributed by atoms with Crippen molar-refractivity contribution in [3.8, 4) is 0 Å². The highest BCUT2D eigenvalue weighted by Gasteiger charge is 2.91. The molecule has 0 heterocycles. The van der Waals surface area contributed by atoms with Crippen LogP contribution in [0.1, 0.15) is 0 Å². The van der Waals surface area contributed by atoms with Gasteiger partial charge in [0.25, 0.3) is 0 Å². The summed E-state index contributed by atoms with van der Waals surface area (Å²) in [4.78, 5) is 25.2. The van der Waals surface area contributed by atoms with Crippen LogP contribution in [0, 0.1) is 0 Å². The van der Waals surface area contributed by atoms with E-state index in [0.717, 1.165) is 0 Å². The summed E-state index contributed by atoms with van der Waals surface area (Å²) in [5.41, 5.74) is 0. The fourth-order valence-corrected chi connectivity index (χ4v) is 1.92. The van der Waals surface area contributed by atoms with Crippen LogP contribution in [-0.4, -0.2) is 84.0 Å². The minimum atomic E-state index is -8.52. The molecule has 0 aromatic heterocycles. The van der Waals surface area contributed by atoms with Gasteiger partial charge in [-0.05, 0) is 0 Å². The Hall–Kier alpha value is -2.74. The molecule has 0 aliphatic rings. The predicted molar refractivity (Wildman–Crippen MR) is 73.7 cm³/mol. The first-order chi connectivity index (χ1) is 17.9. The highest BCUT2D eigenvalue weighted by atomic mass is 19.4. The molecule has 4 nitrogen and oxygen atoms in total. The monoisotopic (exact) mass is 690 g/mol. The van der Waals surface area contributed by atoms with Crippen LogP contribution in [-0.2, 0) is 19.4 Å². The first kappa shape index (κ1) is 39.3. The predicted octanol–water partition coefficient (Wildman–Crippen LogP) is 6.87. The molecule has 0 unspecified atom stereocenters. The van der Waals surface area contributed by atoms with Crippen LogP contribution in [0.4, 0.5) is 105 Å². The highest BCUT2D eigenvalue weighted by Crippen LogP contribution is 2.60. The molecule has 0 aliphatic carbocycles. The summed E-state index contributed by atoms with van der Waals surface area (Å²) in [5, 5.41) is 0. The van der Waals surface area contributed by atoms with Gasteiger partial charge in [0, 0.05) is 0 Å². The van der Waals surface area contributed by atoms with Crippen LogP contribution in [0.5, 0.6) is 0 Å². The van der Waals surface area contributed by atoms with Crippen LogP contribution >= 0.6 is 0 Å². The van der Waals surface area contributed by atoms with Crippen molar-refractivity contribution in [3.05, 3.63) is 0 Å². The van der Waals surface area contributed by atoms with Gasteiger partial charge in [0.1, 0.15) is 0 Å². The van der Waals surface area contributed by atoms with E-state index in [1.165, 1.54) is 0 Å². The Morgan fingerprint density at radius 1 is 0.357 bits per heavy atom. The fourth-order valence-electron chi connectivity index (χ4n) is 1.92. The Kier molecular flexibility index (Phi) is 9.78. The quantitative estimate of drug-likeness (QED) is 0.128. The van der Waals surface area contributed by atoms with Gasteiger partial charge in [0.15, 0.2) is 0 Å². The smallest absolute Gasteiger partial charge is 0.240 e. The number of hydrogen-bond donors (Lipinski definition) is 0. The van der Waals surface area contributed by atoms with E-state index in [9.17, 15) is 115 Å². The normalized spacial score (nSPS) is 15.8. The van der Waals surface area contributed by atoms with Crippen molar-refractivity contribution >= 4 is 11.9 Å². The highest BCUT2D eigenvalue weighted by molar-refractivity contribution is 5.82. The maximum Gasteiger partial charge on any atom is 0.431 e. The van der Waals surface area contributed by atoms with Gasteiger partial charge in [-0.15, -0.1) is 0 Å². The number of alkyl halides is 24. The molecule has 0 saturated heterocycles. The molecule has 0 radical (unpaired) electrons. The second-order valence-electron chi connectivity index (χ2n) is 7.18. The summed E-state index contributed by atoms with van der Waals surface area (Å²) < 4.78 is 310. The minimum Gasteiger partial charge on any atom is -0.240 e. The van der Waals surface area contributed by atoms with Crippen molar-refractivity contribution in [1.82, 2.24) is 0 Å². The van der Waals surface area contributed by atoms with Crippen LogP contribution in [0.2, 0.25) is 0 Å². The number of hydrogen-bond acceptors (Lipinski definition) is 4. The molecule has 0 aliphatic heterocycles. The summed E-state index contributed by atoms with van der Waals surface area (Å²) in [7, 11) is 0. The molecule has 0 bridgehead atoms. The van der Waals surface area contributed by atoms with Crippen molar-refractivity contribution in [1.29, 1.82) is 0 Å². The van der Waals surface area contributed by atoms with E-state index in [4.69, 9.17) is 0 Å². The first-order valence-corrected chi connectivity index (χ1v) is 8.71. The third-order valence-corrected chi connectivity index (χ3v) is 4.46. The fraction of sp³-hybridized carbons (Fsp3) is 0.857. The second-order valence-corrected chi connectivity index (χ2v) is 7.18. The van der Waals surface area contributed by atoms with E-state index < -0.39 is 84.0 Å². The van der Waals surface area contributed by atoms with Gasteiger partial charge < -0.3 is 0 Å². The molecule has 28 heteroatoms. The summed E-state index contributed by atoms with van der Waals surface area (Å²) in [6, 6.07) is 0. The molecule has 250 valence electrons. The summed E-state index contributed by atoms with van der Waals surface area (Å²) in [6.07, 6.45) is -12.1. The Morgan fingerprint density at radius 3 is 0.714 bits per heavy atom. The SMILES string of the molecule is O=C(OOC(=O)C(F)(F)C(F)(F)C(F)(F)C(F)(F)C(F)(F)C(F)F)C(F)(F)C(F)(F)C(F)(F)C(F)(F)C(F)(F)C(F)F. The molecule has 0 saturated carbocycles. The van der Waals surface area contributed by atoms with Crippen molar-refractivity contribution < 1.29 is 125 Å². The molecule has 42 heavy (non-hydrogen) atoms.